The van der Waals surface area contributed by atoms with E-state index in [1.165, 1.54) is 99.5 Å². The van der Waals surface area contributed by atoms with Gasteiger partial charge in [-0.3, -0.25) is 0 Å². The maximum atomic E-state index is 2.53. The molecule has 2 aromatic heterocycles. The molecule has 0 amide bonds. The zero-order chi connectivity index (χ0) is 37.8. The van der Waals surface area contributed by atoms with Crippen LogP contribution < -0.4 is 0 Å². The second-order valence-electron chi connectivity index (χ2n) is 16.5. The predicted octanol–water partition coefficient (Wildman–Crippen LogP) is 14.2. The zero-order valence-electron chi connectivity index (χ0n) is 32.2. The lowest BCUT2D eigenvalue weighted by atomic mass is 9.59. The van der Waals surface area contributed by atoms with Crippen molar-refractivity contribution in [2.45, 2.75) is 38.5 Å². The van der Waals surface area contributed by atoms with E-state index in [2.05, 4.69) is 219 Å². The van der Waals surface area contributed by atoms with Gasteiger partial charge in [0.1, 0.15) is 0 Å². The second-order valence-corrected chi connectivity index (χ2v) is 16.5. The first-order chi connectivity index (χ1) is 27.3. The molecule has 0 atom stereocenters. The van der Waals surface area contributed by atoms with E-state index in [0.29, 0.717) is 0 Å². The minimum Gasteiger partial charge on any atom is -0.309 e. The monoisotopic (exact) mass is 718 g/mol. The first-order valence-electron chi connectivity index (χ1n) is 19.8. The van der Waals surface area contributed by atoms with Gasteiger partial charge in [0, 0.05) is 43.7 Å². The van der Waals surface area contributed by atoms with Gasteiger partial charge < -0.3 is 9.13 Å². The number of hydrogen-bond acceptors (Lipinski definition) is 0. The van der Waals surface area contributed by atoms with Crippen molar-refractivity contribution < 1.29 is 0 Å². The molecular weight excluding hydrogens is 677 g/mol. The van der Waals surface area contributed by atoms with Gasteiger partial charge in [0.15, 0.2) is 0 Å². The lowest BCUT2D eigenvalue weighted by molar-refractivity contribution is 0.526. The summed E-state index contributed by atoms with van der Waals surface area (Å²) in [5.74, 6) is 0. The van der Waals surface area contributed by atoms with Crippen LogP contribution >= 0.6 is 0 Å². The predicted molar refractivity (Wildman–Crippen MR) is 237 cm³/mol. The number of fused-ring (bicyclic) bond motifs is 10. The highest BCUT2D eigenvalue weighted by Crippen LogP contribution is 2.56. The third-order valence-corrected chi connectivity index (χ3v) is 12.7. The van der Waals surface area contributed by atoms with E-state index in [1.807, 2.05) is 0 Å². The maximum absolute atomic E-state index is 2.53. The minimum atomic E-state index is -0.303. The SMILES string of the molecule is CC1(C)c2ccc3c4ccccc4n(-c4ccc(-c5ccccc5)cc4)c3c2C(C)(C)c2ccc3c4ccccc4n(-c4ccc(-c5ccccc5)cc4)c3c21. The Morgan fingerprint density at radius 2 is 0.643 bits per heavy atom. The Labute approximate surface area is 327 Å². The lowest BCUT2D eigenvalue weighted by Gasteiger charge is -2.45. The van der Waals surface area contributed by atoms with Crippen molar-refractivity contribution in [2.75, 3.05) is 0 Å². The Morgan fingerprint density at radius 1 is 0.304 bits per heavy atom. The summed E-state index contributed by atoms with van der Waals surface area (Å²) in [4.78, 5) is 0. The molecule has 0 fully saturated rings. The topological polar surface area (TPSA) is 9.86 Å². The molecule has 0 spiro atoms. The molecule has 0 saturated carbocycles. The highest BCUT2D eigenvalue weighted by atomic mass is 15.0. The molecule has 1 aliphatic rings. The Bertz CT molecular complexity index is 2920. The van der Waals surface area contributed by atoms with E-state index in [9.17, 15) is 0 Å². The Morgan fingerprint density at radius 3 is 1.04 bits per heavy atom. The van der Waals surface area contributed by atoms with Gasteiger partial charge in [-0.1, -0.05) is 173 Å². The van der Waals surface area contributed by atoms with Crippen LogP contribution in [0, 0.1) is 0 Å². The molecule has 0 aliphatic heterocycles. The molecule has 0 bridgehead atoms. The van der Waals surface area contributed by atoms with Crippen LogP contribution in [0.5, 0.6) is 0 Å². The molecule has 56 heavy (non-hydrogen) atoms. The Hall–Kier alpha value is -6.64. The molecule has 0 radical (unpaired) electrons. The van der Waals surface area contributed by atoms with Crippen LogP contribution in [0.4, 0.5) is 0 Å². The minimum absolute atomic E-state index is 0.303. The van der Waals surface area contributed by atoms with Crippen molar-refractivity contribution in [1.29, 1.82) is 0 Å². The van der Waals surface area contributed by atoms with Gasteiger partial charge in [-0.05, 0) is 80.9 Å². The van der Waals surface area contributed by atoms with Gasteiger partial charge in [-0.2, -0.15) is 0 Å². The van der Waals surface area contributed by atoms with E-state index in [-0.39, 0.29) is 10.8 Å². The van der Waals surface area contributed by atoms with Crippen LogP contribution in [0.2, 0.25) is 0 Å². The van der Waals surface area contributed by atoms with Gasteiger partial charge in [0.05, 0.1) is 22.1 Å². The zero-order valence-corrected chi connectivity index (χ0v) is 32.2. The molecule has 268 valence electrons. The molecule has 0 N–H and O–H groups in total. The van der Waals surface area contributed by atoms with E-state index < -0.39 is 0 Å². The molecule has 10 aromatic rings. The molecule has 0 unspecified atom stereocenters. The van der Waals surface area contributed by atoms with Crippen LogP contribution in [0.15, 0.2) is 182 Å². The molecule has 1 aliphatic carbocycles. The molecule has 0 saturated heterocycles. The van der Waals surface area contributed by atoms with Gasteiger partial charge in [0.2, 0.25) is 0 Å². The summed E-state index contributed by atoms with van der Waals surface area (Å²) >= 11 is 0. The first-order valence-corrected chi connectivity index (χ1v) is 19.8. The lowest BCUT2D eigenvalue weighted by Crippen LogP contribution is -2.37. The summed E-state index contributed by atoms with van der Waals surface area (Å²) in [7, 11) is 0. The van der Waals surface area contributed by atoms with Gasteiger partial charge >= 0.3 is 0 Å². The van der Waals surface area contributed by atoms with Crippen molar-refractivity contribution in [3.63, 3.8) is 0 Å². The third-order valence-electron chi connectivity index (χ3n) is 12.7. The fraction of sp³-hybridized carbons (Fsp3) is 0.111. The van der Waals surface area contributed by atoms with Crippen LogP contribution in [-0.2, 0) is 10.8 Å². The number of aromatic nitrogens is 2. The first kappa shape index (κ1) is 32.8. The number of para-hydroxylation sites is 2. The molecule has 8 aromatic carbocycles. The normalized spacial score (nSPS) is 14.4. The van der Waals surface area contributed by atoms with Crippen molar-refractivity contribution in [1.82, 2.24) is 9.13 Å². The summed E-state index contributed by atoms with van der Waals surface area (Å²) in [5, 5.41) is 5.16. The van der Waals surface area contributed by atoms with E-state index in [1.54, 1.807) is 0 Å². The number of rotatable bonds is 4. The molecular formula is C54H42N2. The summed E-state index contributed by atoms with van der Waals surface area (Å²) in [6, 6.07) is 67.1. The fourth-order valence-electron chi connectivity index (χ4n) is 10.1. The van der Waals surface area contributed by atoms with Crippen LogP contribution in [0.25, 0.3) is 77.2 Å². The van der Waals surface area contributed by atoms with Gasteiger partial charge in [-0.25, -0.2) is 0 Å². The molecule has 2 heteroatoms. The summed E-state index contributed by atoms with van der Waals surface area (Å²) in [5.41, 5.74) is 17.3. The Kier molecular flexibility index (Phi) is 6.98. The largest absolute Gasteiger partial charge is 0.309 e. The molecule has 2 heterocycles. The van der Waals surface area contributed by atoms with Crippen LogP contribution in [0.1, 0.15) is 49.9 Å². The summed E-state index contributed by atoms with van der Waals surface area (Å²) in [6.07, 6.45) is 0. The quantitative estimate of drug-likeness (QED) is 0.171. The van der Waals surface area contributed by atoms with Crippen molar-refractivity contribution in [2.24, 2.45) is 0 Å². The van der Waals surface area contributed by atoms with Crippen molar-refractivity contribution in [3.05, 3.63) is 204 Å². The second kappa shape index (κ2) is 11.9. The van der Waals surface area contributed by atoms with Crippen LogP contribution in [-0.4, -0.2) is 9.13 Å². The highest BCUT2D eigenvalue weighted by molar-refractivity contribution is 6.13. The molecule has 2 nitrogen and oxygen atoms in total. The summed E-state index contributed by atoms with van der Waals surface area (Å²) < 4.78 is 5.07. The van der Waals surface area contributed by atoms with Crippen molar-refractivity contribution in [3.8, 4) is 33.6 Å². The fourth-order valence-corrected chi connectivity index (χ4v) is 10.1. The number of hydrogen-bond donors (Lipinski definition) is 0. The van der Waals surface area contributed by atoms with Gasteiger partial charge in [0.25, 0.3) is 0 Å². The smallest absolute Gasteiger partial charge is 0.0585 e. The van der Waals surface area contributed by atoms with E-state index in [4.69, 9.17) is 0 Å². The maximum Gasteiger partial charge on any atom is 0.0585 e. The van der Waals surface area contributed by atoms with Crippen LogP contribution in [0.3, 0.4) is 0 Å². The van der Waals surface area contributed by atoms with E-state index >= 15 is 0 Å². The molecule has 11 rings (SSSR count). The highest BCUT2D eigenvalue weighted by Gasteiger charge is 2.45. The average Bonchev–Trinajstić information content (AvgIpc) is 3.76. The number of benzene rings is 8. The summed E-state index contributed by atoms with van der Waals surface area (Å²) in [6.45, 7) is 9.81. The average molecular weight is 719 g/mol. The third kappa shape index (κ3) is 4.56. The van der Waals surface area contributed by atoms with Crippen molar-refractivity contribution >= 4 is 43.6 Å². The van der Waals surface area contributed by atoms with Gasteiger partial charge in [-0.15, -0.1) is 0 Å². The van der Waals surface area contributed by atoms with E-state index in [0.717, 1.165) is 0 Å². The standard InChI is InChI=1S/C54H42N2/c1-53(2)45-33-31-44-42-20-12-14-22-48(42)56(40-29-25-38(26-30-40)36-17-9-6-10-18-36)52(44)50(45)54(3,4)46-34-32-43-41-19-11-13-21-47(41)55(51(43)49(46)53)39-27-23-37(24-28-39)35-15-7-5-8-16-35/h5-34H,1-4H3. The Balaban J connectivity index is 1.18. The number of nitrogens with zero attached hydrogens (tertiary/aromatic N) is 2.